The van der Waals surface area contributed by atoms with Gasteiger partial charge in [0.05, 0.1) is 12.1 Å². The maximum Gasteiger partial charge on any atom is 0.269 e. The molecular formula is C18H15FN6. The Kier molecular flexibility index (Phi) is 4.53. The third-order valence-corrected chi connectivity index (χ3v) is 3.46. The maximum atomic E-state index is 14.2. The number of benzene rings is 1. The zero-order valence-electron chi connectivity index (χ0n) is 13.7. The molecule has 6 nitrogen and oxygen atoms in total. The smallest absolute Gasteiger partial charge is 0.269 e. The number of rotatable bonds is 4. The van der Waals surface area contributed by atoms with E-state index < -0.39 is 5.82 Å². The van der Waals surface area contributed by atoms with Gasteiger partial charge in [0.25, 0.3) is 5.69 Å². The molecule has 124 valence electrons. The lowest BCUT2D eigenvalue weighted by molar-refractivity contribution is 0.630. The third kappa shape index (κ3) is 3.38. The van der Waals surface area contributed by atoms with Crippen LogP contribution in [-0.4, -0.2) is 29.0 Å². The Bertz CT molecular complexity index is 934. The van der Waals surface area contributed by atoms with Gasteiger partial charge in [0.1, 0.15) is 17.5 Å². The summed E-state index contributed by atoms with van der Waals surface area (Å²) in [5.41, 5.74) is 1.27. The number of halogens is 1. The molecule has 3 rings (SSSR count). The Labute approximate surface area is 144 Å². The first-order valence-electron chi connectivity index (χ1n) is 7.49. The fraction of sp³-hybridized carbons (Fsp3) is 0.111. The van der Waals surface area contributed by atoms with Gasteiger partial charge in [-0.1, -0.05) is 12.1 Å². The summed E-state index contributed by atoms with van der Waals surface area (Å²) in [5, 5.41) is 3.09. The Morgan fingerprint density at radius 1 is 1.08 bits per heavy atom. The summed E-state index contributed by atoms with van der Waals surface area (Å²) in [6, 6.07) is 9.80. The maximum absolute atomic E-state index is 14.2. The van der Waals surface area contributed by atoms with Gasteiger partial charge in [0.2, 0.25) is 0 Å². The minimum Gasteiger partial charge on any atom is -0.371 e. The number of hydrogen-bond donors (Lipinski definition) is 1. The summed E-state index contributed by atoms with van der Waals surface area (Å²) >= 11 is 0. The summed E-state index contributed by atoms with van der Waals surface area (Å²) in [7, 11) is 3.55. The fourth-order valence-corrected chi connectivity index (χ4v) is 2.28. The van der Waals surface area contributed by atoms with Gasteiger partial charge in [0.15, 0.2) is 5.82 Å². The Hall–Kier alpha value is -3.53. The van der Waals surface area contributed by atoms with Crippen molar-refractivity contribution in [2.45, 2.75) is 0 Å². The van der Waals surface area contributed by atoms with Gasteiger partial charge in [-0.15, -0.1) is 0 Å². The number of anilines is 3. The monoisotopic (exact) mass is 334 g/mol. The molecule has 7 heteroatoms. The molecule has 0 unspecified atom stereocenters. The van der Waals surface area contributed by atoms with Crippen LogP contribution in [-0.2, 0) is 0 Å². The van der Waals surface area contributed by atoms with Crippen molar-refractivity contribution in [2.75, 3.05) is 24.3 Å². The average molecular weight is 334 g/mol. The van der Waals surface area contributed by atoms with Gasteiger partial charge in [0, 0.05) is 32.2 Å². The minimum absolute atomic E-state index is 0.214. The summed E-state index contributed by atoms with van der Waals surface area (Å²) < 4.78 is 14.2. The standard InChI is InChI=1S/C18H15FN6/c1-20-15-17(22-12-8-10-21-11-9-12)23-16(24-18(15)25(2)3)13-6-4-5-7-14(13)19/h4-11H,2-3H3,(H,21,22,23,24). The number of nitrogens with zero attached hydrogens (tertiary/aromatic N) is 5. The molecule has 0 saturated carbocycles. The second-order valence-electron chi connectivity index (χ2n) is 5.41. The van der Waals surface area contributed by atoms with E-state index >= 15 is 0 Å². The van der Waals surface area contributed by atoms with E-state index in [4.69, 9.17) is 6.57 Å². The van der Waals surface area contributed by atoms with Crippen LogP contribution in [0.5, 0.6) is 0 Å². The van der Waals surface area contributed by atoms with Crippen LogP contribution in [0, 0.1) is 12.4 Å². The Morgan fingerprint density at radius 2 is 1.80 bits per heavy atom. The molecule has 0 radical (unpaired) electrons. The molecule has 2 heterocycles. The molecule has 25 heavy (non-hydrogen) atoms. The molecule has 0 fully saturated rings. The van der Waals surface area contributed by atoms with Crippen LogP contribution in [0.1, 0.15) is 0 Å². The Balaban J connectivity index is 2.19. The molecular weight excluding hydrogens is 319 g/mol. The van der Waals surface area contributed by atoms with Gasteiger partial charge >= 0.3 is 0 Å². The highest BCUT2D eigenvalue weighted by Crippen LogP contribution is 2.36. The molecule has 0 aliphatic carbocycles. The van der Waals surface area contributed by atoms with Gasteiger partial charge in [-0.25, -0.2) is 19.2 Å². The second-order valence-corrected chi connectivity index (χ2v) is 5.41. The van der Waals surface area contributed by atoms with Crippen LogP contribution in [0.4, 0.5) is 27.4 Å². The van der Waals surface area contributed by atoms with Crippen LogP contribution in [0.25, 0.3) is 16.2 Å². The van der Waals surface area contributed by atoms with Crippen LogP contribution >= 0.6 is 0 Å². The van der Waals surface area contributed by atoms with Gasteiger partial charge in [-0.05, 0) is 24.3 Å². The molecule has 0 aliphatic heterocycles. The molecule has 0 bridgehead atoms. The van der Waals surface area contributed by atoms with E-state index in [1.165, 1.54) is 6.07 Å². The van der Waals surface area contributed by atoms with Crippen molar-refractivity contribution in [3.63, 3.8) is 0 Å². The van der Waals surface area contributed by atoms with Gasteiger partial charge in [-0.3, -0.25) is 4.98 Å². The van der Waals surface area contributed by atoms with Gasteiger partial charge < -0.3 is 10.2 Å². The van der Waals surface area contributed by atoms with Crippen LogP contribution in [0.15, 0.2) is 48.8 Å². The zero-order chi connectivity index (χ0) is 17.8. The molecule has 2 aromatic heterocycles. The van der Waals surface area contributed by atoms with Crippen molar-refractivity contribution in [1.29, 1.82) is 0 Å². The third-order valence-electron chi connectivity index (χ3n) is 3.46. The van der Waals surface area contributed by atoms with Crippen LogP contribution in [0.3, 0.4) is 0 Å². The normalized spacial score (nSPS) is 10.2. The van der Waals surface area contributed by atoms with E-state index in [1.807, 2.05) is 0 Å². The van der Waals surface area contributed by atoms with Crippen LogP contribution in [0.2, 0.25) is 0 Å². The summed E-state index contributed by atoms with van der Waals surface area (Å²) in [6.07, 6.45) is 3.26. The first-order chi connectivity index (χ1) is 12.1. The summed E-state index contributed by atoms with van der Waals surface area (Å²) in [5.74, 6) is 0.529. The lowest BCUT2D eigenvalue weighted by Crippen LogP contribution is -2.13. The molecule has 1 N–H and O–H groups in total. The molecule has 0 aliphatic rings. The number of hydrogen-bond acceptors (Lipinski definition) is 5. The predicted octanol–water partition coefficient (Wildman–Crippen LogP) is 4.04. The van der Waals surface area contributed by atoms with E-state index in [0.717, 1.165) is 5.69 Å². The summed E-state index contributed by atoms with van der Waals surface area (Å²) in [6.45, 7) is 7.49. The minimum atomic E-state index is -0.419. The zero-order valence-corrected chi connectivity index (χ0v) is 13.7. The lowest BCUT2D eigenvalue weighted by atomic mass is 10.2. The van der Waals surface area contributed by atoms with Crippen molar-refractivity contribution in [3.05, 3.63) is 66.0 Å². The predicted molar refractivity (Wildman–Crippen MR) is 95.5 cm³/mol. The van der Waals surface area contributed by atoms with Crippen molar-refractivity contribution in [3.8, 4) is 11.4 Å². The average Bonchev–Trinajstić information content (AvgIpc) is 2.62. The number of nitrogens with one attached hydrogen (secondary N) is 1. The molecule has 0 saturated heterocycles. The van der Waals surface area contributed by atoms with E-state index in [1.54, 1.807) is 61.7 Å². The molecule has 0 spiro atoms. The van der Waals surface area contributed by atoms with Crippen molar-refractivity contribution < 1.29 is 4.39 Å². The summed E-state index contributed by atoms with van der Waals surface area (Å²) in [4.78, 5) is 18.0. The van der Waals surface area contributed by atoms with Gasteiger partial charge in [-0.2, -0.15) is 0 Å². The van der Waals surface area contributed by atoms with Crippen molar-refractivity contribution in [1.82, 2.24) is 15.0 Å². The van der Waals surface area contributed by atoms with Crippen LogP contribution < -0.4 is 10.2 Å². The largest absolute Gasteiger partial charge is 0.371 e. The van der Waals surface area contributed by atoms with E-state index in [2.05, 4.69) is 25.1 Å². The van der Waals surface area contributed by atoms with E-state index in [-0.39, 0.29) is 17.1 Å². The lowest BCUT2D eigenvalue weighted by Gasteiger charge is -2.18. The topological polar surface area (TPSA) is 58.3 Å². The van der Waals surface area contributed by atoms with Crippen molar-refractivity contribution >= 4 is 23.0 Å². The number of aromatic nitrogens is 3. The fourth-order valence-electron chi connectivity index (χ4n) is 2.28. The van der Waals surface area contributed by atoms with E-state index in [0.29, 0.717) is 11.6 Å². The Morgan fingerprint density at radius 3 is 2.44 bits per heavy atom. The second kappa shape index (κ2) is 6.93. The molecule has 0 amide bonds. The first kappa shape index (κ1) is 16.3. The van der Waals surface area contributed by atoms with E-state index in [9.17, 15) is 4.39 Å². The quantitative estimate of drug-likeness (QED) is 0.730. The number of pyridine rings is 1. The highest BCUT2D eigenvalue weighted by atomic mass is 19.1. The molecule has 1 aromatic carbocycles. The molecule has 3 aromatic rings. The molecule has 0 atom stereocenters. The first-order valence-corrected chi connectivity index (χ1v) is 7.49. The SMILES string of the molecule is [C-]#[N+]c1c(Nc2ccncc2)nc(-c2ccccc2F)nc1N(C)C. The highest BCUT2D eigenvalue weighted by molar-refractivity contribution is 5.83. The highest BCUT2D eigenvalue weighted by Gasteiger charge is 2.19. The van der Waals surface area contributed by atoms with Crippen molar-refractivity contribution in [2.24, 2.45) is 0 Å².